The minimum absolute atomic E-state index is 0.0393. The number of carbonyl (C=O) groups is 1. The molecule has 0 bridgehead atoms. The fourth-order valence-electron chi connectivity index (χ4n) is 4.34. The van der Waals surface area contributed by atoms with E-state index in [1.807, 2.05) is 56.3 Å². The fraction of sp³-hybridized carbons (Fsp3) is 0.370. The van der Waals surface area contributed by atoms with Gasteiger partial charge in [-0.05, 0) is 62.6 Å². The molecular weight excluding hydrogens is 444 g/mol. The fourth-order valence-corrected chi connectivity index (χ4v) is 4.34. The van der Waals surface area contributed by atoms with Crippen molar-refractivity contribution in [2.75, 3.05) is 32.2 Å². The lowest BCUT2D eigenvalue weighted by molar-refractivity contribution is -0.126. The summed E-state index contributed by atoms with van der Waals surface area (Å²) in [6.07, 6.45) is 4.73. The van der Waals surface area contributed by atoms with Crippen LogP contribution in [0.3, 0.4) is 0 Å². The van der Waals surface area contributed by atoms with E-state index in [2.05, 4.69) is 20.2 Å². The lowest BCUT2D eigenvalue weighted by atomic mass is 9.95. The van der Waals surface area contributed by atoms with E-state index in [0.717, 1.165) is 28.4 Å². The van der Waals surface area contributed by atoms with Crippen molar-refractivity contribution < 1.29 is 19.0 Å². The standard InChI is InChI=1S/C27H32N4O4/c1-18-6-5-7-22(16-18)35-27-25(28-12-13-29-27)31-14-10-20(11-15-31)26(32)30-19(2)23-17-21(33-3)8-9-24(23)34-4/h5-9,12-13,16-17,19-20H,10-11,14-15H2,1-4H3,(H,30,32). The monoisotopic (exact) mass is 476 g/mol. The number of amides is 1. The van der Waals surface area contributed by atoms with Gasteiger partial charge in [-0.15, -0.1) is 0 Å². The first-order valence-corrected chi connectivity index (χ1v) is 11.8. The van der Waals surface area contributed by atoms with Crippen molar-refractivity contribution in [2.24, 2.45) is 5.92 Å². The summed E-state index contributed by atoms with van der Waals surface area (Å²) in [6.45, 7) is 5.36. The molecule has 4 rings (SSSR count). The van der Waals surface area contributed by atoms with E-state index in [0.29, 0.717) is 37.6 Å². The van der Waals surface area contributed by atoms with Crippen molar-refractivity contribution in [3.63, 3.8) is 0 Å². The Morgan fingerprint density at radius 1 is 1.03 bits per heavy atom. The average Bonchev–Trinajstić information content (AvgIpc) is 2.88. The Morgan fingerprint density at radius 3 is 2.51 bits per heavy atom. The number of methoxy groups -OCH3 is 2. The number of rotatable bonds is 8. The summed E-state index contributed by atoms with van der Waals surface area (Å²) in [5.74, 6) is 3.30. The number of aryl methyl sites for hydroxylation is 1. The van der Waals surface area contributed by atoms with Gasteiger partial charge in [-0.3, -0.25) is 4.79 Å². The molecule has 1 aliphatic rings. The SMILES string of the molecule is COc1ccc(OC)c(C(C)NC(=O)C2CCN(c3nccnc3Oc3cccc(C)c3)CC2)c1. The van der Waals surface area contributed by atoms with Crippen LogP contribution in [-0.4, -0.2) is 43.2 Å². The van der Waals surface area contributed by atoms with Crippen molar-refractivity contribution >= 4 is 11.7 Å². The number of benzene rings is 2. The highest BCUT2D eigenvalue weighted by atomic mass is 16.5. The van der Waals surface area contributed by atoms with E-state index >= 15 is 0 Å². The molecule has 3 aromatic rings. The first-order valence-electron chi connectivity index (χ1n) is 11.8. The second-order valence-corrected chi connectivity index (χ2v) is 8.70. The van der Waals surface area contributed by atoms with Crippen LogP contribution in [0.2, 0.25) is 0 Å². The van der Waals surface area contributed by atoms with Gasteiger partial charge in [-0.25, -0.2) is 9.97 Å². The Morgan fingerprint density at radius 2 is 1.80 bits per heavy atom. The summed E-state index contributed by atoms with van der Waals surface area (Å²) < 4.78 is 16.9. The molecule has 2 aromatic carbocycles. The second kappa shape index (κ2) is 11.1. The number of aromatic nitrogens is 2. The maximum absolute atomic E-state index is 13.1. The molecule has 2 heterocycles. The van der Waals surface area contributed by atoms with Crippen molar-refractivity contribution in [3.05, 3.63) is 66.0 Å². The number of hydrogen-bond acceptors (Lipinski definition) is 7. The van der Waals surface area contributed by atoms with Crippen LogP contribution in [0.25, 0.3) is 0 Å². The summed E-state index contributed by atoms with van der Waals surface area (Å²) in [5, 5.41) is 3.15. The van der Waals surface area contributed by atoms with Crippen molar-refractivity contribution in [1.29, 1.82) is 0 Å². The average molecular weight is 477 g/mol. The molecule has 0 saturated carbocycles. The van der Waals surface area contributed by atoms with Gasteiger partial charge in [-0.1, -0.05) is 12.1 Å². The summed E-state index contributed by atoms with van der Waals surface area (Å²) in [4.78, 5) is 24.1. The molecule has 1 unspecified atom stereocenters. The molecule has 184 valence electrons. The Kier molecular flexibility index (Phi) is 7.70. The molecule has 35 heavy (non-hydrogen) atoms. The van der Waals surface area contributed by atoms with Crippen molar-refractivity contribution in [1.82, 2.24) is 15.3 Å². The smallest absolute Gasteiger partial charge is 0.263 e. The first kappa shape index (κ1) is 24.3. The number of carbonyl (C=O) groups excluding carboxylic acids is 1. The number of ether oxygens (including phenoxy) is 3. The van der Waals surface area contributed by atoms with Gasteiger partial charge in [-0.2, -0.15) is 0 Å². The van der Waals surface area contributed by atoms with E-state index in [-0.39, 0.29) is 17.9 Å². The summed E-state index contributed by atoms with van der Waals surface area (Å²) in [7, 11) is 3.25. The van der Waals surface area contributed by atoms with Crippen LogP contribution < -0.4 is 24.4 Å². The first-order chi connectivity index (χ1) is 17.0. The summed E-state index contributed by atoms with van der Waals surface area (Å²) in [6, 6.07) is 13.2. The Balaban J connectivity index is 1.38. The molecule has 0 spiro atoms. The van der Waals surface area contributed by atoms with Gasteiger partial charge in [0.2, 0.25) is 5.91 Å². The van der Waals surface area contributed by atoms with Gasteiger partial charge >= 0.3 is 0 Å². The number of hydrogen-bond donors (Lipinski definition) is 1. The molecule has 1 atom stereocenters. The van der Waals surface area contributed by atoms with Crippen molar-refractivity contribution in [2.45, 2.75) is 32.7 Å². The van der Waals surface area contributed by atoms with Gasteiger partial charge in [0.15, 0.2) is 5.82 Å². The second-order valence-electron chi connectivity index (χ2n) is 8.70. The molecule has 1 amide bonds. The van der Waals surface area contributed by atoms with Gasteiger partial charge in [0.25, 0.3) is 5.88 Å². The highest BCUT2D eigenvalue weighted by Gasteiger charge is 2.29. The van der Waals surface area contributed by atoms with Gasteiger partial charge in [0.1, 0.15) is 17.2 Å². The van der Waals surface area contributed by atoms with Gasteiger partial charge in [0, 0.05) is 37.0 Å². The zero-order valence-corrected chi connectivity index (χ0v) is 20.7. The topological polar surface area (TPSA) is 85.8 Å². The molecule has 8 nitrogen and oxygen atoms in total. The Bertz CT molecular complexity index is 1160. The highest BCUT2D eigenvalue weighted by Crippen LogP contribution is 2.32. The molecule has 8 heteroatoms. The quantitative estimate of drug-likeness (QED) is 0.505. The highest BCUT2D eigenvalue weighted by molar-refractivity contribution is 5.79. The maximum Gasteiger partial charge on any atom is 0.263 e. The molecule has 0 radical (unpaired) electrons. The molecule has 1 fully saturated rings. The summed E-state index contributed by atoms with van der Waals surface area (Å²) in [5.41, 5.74) is 2.00. The van der Waals surface area contributed by atoms with Crippen LogP contribution in [0.4, 0.5) is 5.82 Å². The van der Waals surface area contributed by atoms with Crippen LogP contribution >= 0.6 is 0 Å². The largest absolute Gasteiger partial charge is 0.497 e. The van der Waals surface area contributed by atoms with E-state index in [4.69, 9.17) is 14.2 Å². The van der Waals surface area contributed by atoms with E-state index in [1.165, 1.54) is 0 Å². The molecule has 0 aliphatic carbocycles. The van der Waals surface area contributed by atoms with Crippen LogP contribution in [0, 0.1) is 12.8 Å². The molecule has 1 aliphatic heterocycles. The van der Waals surface area contributed by atoms with Crippen LogP contribution in [0.1, 0.15) is 36.9 Å². The Labute approximate surface area is 206 Å². The third-order valence-electron chi connectivity index (χ3n) is 6.28. The number of anilines is 1. The zero-order valence-electron chi connectivity index (χ0n) is 20.7. The third-order valence-corrected chi connectivity index (χ3v) is 6.28. The van der Waals surface area contributed by atoms with Gasteiger partial charge in [0.05, 0.1) is 20.3 Å². The number of piperidine rings is 1. The normalized spacial score (nSPS) is 14.8. The number of nitrogens with zero attached hydrogens (tertiary/aromatic N) is 3. The lowest BCUT2D eigenvalue weighted by Crippen LogP contribution is -2.41. The predicted molar refractivity (Wildman–Crippen MR) is 134 cm³/mol. The minimum atomic E-state index is -0.208. The van der Waals surface area contributed by atoms with Crippen LogP contribution in [0.5, 0.6) is 23.1 Å². The van der Waals surface area contributed by atoms with Gasteiger partial charge < -0.3 is 24.4 Å². The lowest BCUT2D eigenvalue weighted by Gasteiger charge is -2.33. The van der Waals surface area contributed by atoms with Crippen LogP contribution in [0.15, 0.2) is 54.9 Å². The van der Waals surface area contributed by atoms with Crippen LogP contribution in [-0.2, 0) is 4.79 Å². The maximum atomic E-state index is 13.1. The molecule has 1 aromatic heterocycles. The van der Waals surface area contributed by atoms with Crippen molar-refractivity contribution in [3.8, 4) is 23.1 Å². The molecule has 1 N–H and O–H groups in total. The molecular formula is C27H32N4O4. The molecule has 1 saturated heterocycles. The van der Waals surface area contributed by atoms with E-state index in [1.54, 1.807) is 26.6 Å². The third kappa shape index (κ3) is 5.82. The minimum Gasteiger partial charge on any atom is -0.497 e. The number of nitrogens with one attached hydrogen (secondary N) is 1. The Hall–Kier alpha value is -3.81. The van der Waals surface area contributed by atoms with E-state index in [9.17, 15) is 4.79 Å². The summed E-state index contributed by atoms with van der Waals surface area (Å²) >= 11 is 0. The zero-order chi connectivity index (χ0) is 24.8. The predicted octanol–water partition coefficient (Wildman–Crippen LogP) is 4.69. The van der Waals surface area contributed by atoms with E-state index < -0.39 is 0 Å².